The van der Waals surface area contributed by atoms with Crippen LogP contribution < -0.4 is 5.32 Å². The van der Waals surface area contributed by atoms with Gasteiger partial charge in [0.05, 0.1) is 0 Å². The summed E-state index contributed by atoms with van der Waals surface area (Å²) in [6.45, 7) is 2.21. The van der Waals surface area contributed by atoms with E-state index < -0.39 is 5.54 Å². The molecule has 1 heterocycles. The Morgan fingerprint density at radius 1 is 0.909 bits per heavy atom. The van der Waals surface area contributed by atoms with Gasteiger partial charge in [0.25, 0.3) is 0 Å². The Labute approximate surface area is 132 Å². The quantitative estimate of drug-likeness (QED) is 0.745. The highest BCUT2D eigenvalue weighted by molar-refractivity contribution is 6.13. The molecule has 1 aliphatic heterocycles. The van der Waals surface area contributed by atoms with Crippen molar-refractivity contribution >= 4 is 11.5 Å². The van der Waals surface area contributed by atoms with Gasteiger partial charge in [-0.2, -0.15) is 0 Å². The lowest BCUT2D eigenvalue weighted by molar-refractivity contribution is 0.0908. The summed E-state index contributed by atoms with van der Waals surface area (Å²) in [4.78, 5) is 13.1. The highest BCUT2D eigenvalue weighted by Crippen LogP contribution is 2.42. The average molecular weight is 293 g/mol. The van der Waals surface area contributed by atoms with E-state index in [9.17, 15) is 4.79 Å². The monoisotopic (exact) mass is 293 g/mol. The molecule has 0 radical (unpaired) electrons. The van der Waals surface area contributed by atoms with E-state index >= 15 is 0 Å². The molecule has 1 N–H and O–H groups in total. The molecule has 2 heteroatoms. The first-order valence-electron chi connectivity index (χ1n) is 8.25. The van der Waals surface area contributed by atoms with Gasteiger partial charge in [0.15, 0.2) is 5.78 Å². The summed E-state index contributed by atoms with van der Waals surface area (Å²) < 4.78 is 0. The molecule has 0 amide bonds. The SMILES string of the molecule is CCCCCCC1(c2ccccc2)Nc2ccccc2C1=O. The summed E-state index contributed by atoms with van der Waals surface area (Å²) >= 11 is 0. The number of fused-ring (bicyclic) bond motifs is 1. The van der Waals surface area contributed by atoms with Gasteiger partial charge < -0.3 is 5.32 Å². The smallest absolute Gasteiger partial charge is 0.194 e. The zero-order valence-corrected chi connectivity index (χ0v) is 13.1. The maximum atomic E-state index is 13.1. The number of ketones is 1. The highest BCUT2D eigenvalue weighted by Gasteiger charge is 2.45. The molecule has 22 heavy (non-hydrogen) atoms. The molecule has 0 fully saturated rings. The van der Waals surface area contributed by atoms with Crippen LogP contribution in [0.2, 0.25) is 0 Å². The van der Waals surface area contributed by atoms with Crippen molar-refractivity contribution < 1.29 is 4.79 Å². The van der Waals surface area contributed by atoms with E-state index in [4.69, 9.17) is 0 Å². The van der Waals surface area contributed by atoms with Crippen molar-refractivity contribution in [2.75, 3.05) is 5.32 Å². The molecule has 2 aromatic rings. The topological polar surface area (TPSA) is 29.1 Å². The molecular formula is C20H23NO. The number of hydrogen-bond acceptors (Lipinski definition) is 2. The highest BCUT2D eigenvalue weighted by atomic mass is 16.1. The molecule has 1 aliphatic rings. The van der Waals surface area contributed by atoms with Crippen LogP contribution in [0, 0.1) is 0 Å². The minimum atomic E-state index is -0.585. The molecule has 0 bridgehead atoms. The number of carbonyl (C=O) groups excluding carboxylic acids is 1. The lowest BCUT2D eigenvalue weighted by Crippen LogP contribution is -2.38. The third kappa shape index (κ3) is 2.54. The van der Waals surface area contributed by atoms with Crippen molar-refractivity contribution in [3.63, 3.8) is 0 Å². The lowest BCUT2D eigenvalue weighted by atomic mass is 9.81. The van der Waals surface area contributed by atoms with Crippen LogP contribution in [0.3, 0.4) is 0 Å². The second-order valence-electron chi connectivity index (χ2n) is 6.08. The van der Waals surface area contributed by atoms with Crippen molar-refractivity contribution in [2.24, 2.45) is 0 Å². The molecule has 1 atom stereocenters. The van der Waals surface area contributed by atoms with Crippen molar-refractivity contribution in [1.29, 1.82) is 0 Å². The number of hydrogen-bond donors (Lipinski definition) is 1. The van der Waals surface area contributed by atoms with Gasteiger partial charge in [0.1, 0.15) is 5.54 Å². The van der Waals surface area contributed by atoms with E-state index in [2.05, 4.69) is 24.4 Å². The largest absolute Gasteiger partial charge is 0.368 e. The molecule has 0 aliphatic carbocycles. The Kier molecular flexibility index (Phi) is 4.28. The molecule has 0 aromatic heterocycles. The van der Waals surface area contributed by atoms with Crippen LogP contribution in [-0.2, 0) is 5.54 Å². The summed E-state index contributed by atoms with van der Waals surface area (Å²) in [5.41, 5.74) is 2.28. The Morgan fingerprint density at radius 2 is 1.64 bits per heavy atom. The number of Topliss-reactive ketones (excluding diaryl/α,β-unsaturated/α-hetero) is 1. The zero-order chi connectivity index (χ0) is 15.4. The minimum absolute atomic E-state index is 0.214. The molecule has 0 saturated heterocycles. The molecular weight excluding hydrogens is 270 g/mol. The van der Waals surface area contributed by atoms with Crippen molar-refractivity contribution in [3.8, 4) is 0 Å². The first-order chi connectivity index (χ1) is 10.8. The van der Waals surface area contributed by atoms with Gasteiger partial charge in [-0.25, -0.2) is 0 Å². The van der Waals surface area contributed by atoms with Crippen molar-refractivity contribution in [3.05, 3.63) is 65.7 Å². The van der Waals surface area contributed by atoms with E-state index in [0.717, 1.165) is 29.7 Å². The van der Waals surface area contributed by atoms with Gasteiger partial charge in [0, 0.05) is 11.3 Å². The van der Waals surface area contributed by atoms with Crippen LogP contribution >= 0.6 is 0 Å². The Morgan fingerprint density at radius 3 is 2.36 bits per heavy atom. The van der Waals surface area contributed by atoms with Gasteiger partial charge in [-0.3, -0.25) is 4.79 Å². The summed E-state index contributed by atoms with van der Waals surface area (Å²) in [6.07, 6.45) is 5.53. The fraction of sp³-hybridized carbons (Fsp3) is 0.350. The van der Waals surface area contributed by atoms with Gasteiger partial charge in [0.2, 0.25) is 0 Å². The Balaban J connectivity index is 1.94. The second kappa shape index (κ2) is 6.35. The minimum Gasteiger partial charge on any atom is -0.368 e. The Hall–Kier alpha value is -2.09. The van der Waals surface area contributed by atoms with Crippen molar-refractivity contribution in [1.82, 2.24) is 0 Å². The van der Waals surface area contributed by atoms with Crippen LogP contribution in [0.1, 0.15) is 54.9 Å². The van der Waals surface area contributed by atoms with E-state index in [-0.39, 0.29) is 5.78 Å². The maximum Gasteiger partial charge on any atom is 0.194 e. The van der Waals surface area contributed by atoms with E-state index in [1.54, 1.807) is 0 Å². The zero-order valence-electron chi connectivity index (χ0n) is 13.1. The van der Waals surface area contributed by atoms with Crippen LogP contribution in [0.5, 0.6) is 0 Å². The summed E-state index contributed by atoms with van der Waals surface area (Å²) in [5.74, 6) is 0.214. The van der Waals surface area contributed by atoms with Crippen LogP contribution in [0.4, 0.5) is 5.69 Å². The van der Waals surface area contributed by atoms with E-state index in [1.807, 2.05) is 42.5 Å². The maximum absolute atomic E-state index is 13.1. The fourth-order valence-electron chi connectivity index (χ4n) is 3.37. The average Bonchev–Trinajstić information content (AvgIpc) is 2.86. The molecule has 0 spiro atoms. The van der Waals surface area contributed by atoms with Crippen LogP contribution in [-0.4, -0.2) is 5.78 Å². The molecule has 2 nitrogen and oxygen atoms in total. The van der Waals surface area contributed by atoms with Crippen LogP contribution in [0.15, 0.2) is 54.6 Å². The number of nitrogens with one attached hydrogen (secondary N) is 1. The standard InChI is InChI=1S/C20H23NO/c1-2-3-4-10-15-20(16-11-6-5-7-12-16)19(22)17-13-8-9-14-18(17)21-20/h5-9,11-14,21H,2-4,10,15H2,1H3. The number of unbranched alkanes of at least 4 members (excludes halogenated alkanes) is 3. The van der Waals surface area contributed by atoms with Gasteiger partial charge in [-0.1, -0.05) is 75.1 Å². The number of carbonyl (C=O) groups is 1. The molecule has 114 valence electrons. The summed E-state index contributed by atoms with van der Waals surface area (Å²) in [6, 6.07) is 18.0. The van der Waals surface area contributed by atoms with E-state index in [0.29, 0.717) is 0 Å². The molecule has 2 aromatic carbocycles. The fourth-order valence-corrected chi connectivity index (χ4v) is 3.37. The lowest BCUT2D eigenvalue weighted by Gasteiger charge is -2.29. The summed E-state index contributed by atoms with van der Waals surface area (Å²) in [7, 11) is 0. The predicted molar refractivity (Wildman–Crippen MR) is 91.3 cm³/mol. The molecule has 3 rings (SSSR count). The number of anilines is 1. The summed E-state index contributed by atoms with van der Waals surface area (Å²) in [5, 5.41) is 3.54. The van der Waals surface area contributed by atoms with Crippen molar-refractivity contribution in [2.45, 2.75) is 44.6 Å². The second-order valence-corrected chi connectivity index (χ2v) is 6.08. The van der Waals surface area contributed by atoms with Crippen LogP contribution in [0.25, 0.3) is 0 Å². The molecule has 0 saturated carbocycles. The first kappa shape index (κ1) is 14.8. The van der Waals surface area contributed by atoms with E-state index in [1.165, 1.54) is 19.3 Å². The van der Waals surface area contributed by atoms with Gasteiger partial charge in [-0.05, 0) is 24.1 Å². The third-order valence-corrected chi connectivity index (χ3v) is 4.58. The predicted octanol–water partition coefficient (Wildman–Crippen LogP) is 5.16. The third-order valence-electron chi connectivity index (χ3n) is 4.58. The van der Waals surface area contributed by atoms with Gasteiger partial charge >= 0.3 is 0 Å². The Bertz CT molecular complexity index is 650. The normalized spacial score (nSPS) is 19.8. The molecule has 1 unspecified atom stereocenters. The number of benzene rings is 2. The van der Waals surface area contributed by atoms with Gasteiger partial charge in [-0.15, -0.1) is 0 Å². The first-order valence-corrected chi connectivity index (χ1v) is 8.25. The number of para-hydroxylation sites is 1. The number of rotatable bonds is 6.